The predicted molar refractivity (Wildman–Crippen MR) is 93.4 cm³/mol. The summed E-state index contributed by atoms with van der Waals surface area (Å²) in [6, 6.07) is 10.2. The van der Waals surface area contributed by atoms with Crippen LogP contribution >= 0.6 is 0 Å². The maximum atomic E-state index is 12.2. The molecule has 0 aliphatic carbocycles. The molecule has 2 N–H and O–H groups in total. The number of aromatic nitrogens is 1. The Kier molecular flexibility index (Phi) is 4.47. The molecular weight excluding hydrogens is 320 g/mol. The van der Waals surface area contributed by atoms with Crippen LogP contribution in [0.5, 0.6) is 0 Å². The van der Waals surface area contributed by atoms with Gasteiger partial charge in [-0.2, -0.15) is 0 Å². The van der Waals surface area contributed by atoms with Crippen LogP contribution in [0.3, 0.4) is 0 Å². The number of carbonyl (C=O) groups is 3. The molecule has 1 aliphatic rings. The van der Waals surface area contributed by atoms with E-state index in [2.05, 4.69) is 15.6 Å². The normalized spacial score (nSPS) is 13.2. The fourth-order valence-electron chi connectivity index (χ4n) is 2.58. The highest BCUT2D eigenvalue weighted by Crippen LogP contribution is 2.22. The van der Waals surface area contributed by atoms with Crippen molar-refractivity contribution in [1.82, 2.24) is 9.88 Å². The van der Waals surface area contributed by atoms with Gasteiger partial charge in [0.15, 0.2) is 0 Å². The van der Waals surface area contributed by atoms with E-state index in [1.54, 1.807) is 36.4 Å². The summed E-state index contributed by atoms with van der Waals surface area (Å²) >= 11 is 0. The van der Waals surface area contributed by atoms with Gasteiger partial charge in [0, 0.05) is 6.04 Å². The first-order valence-electron chi connectivity index (χ1n) is 7.93. The van der Waals surface area contributed by atoms with Gasteiger partial charge in [0.25, 0.3) is 11.8 Å². The second-order valence-corrected chi connectivity index (χ2v) is 6.02. The lowest BCUT2D eigenvalue weighted by Gasteiger charge is -2.14. The highest BCUT2D eigenvalue weighted by atomic mass is 16.2. The summed E-state index contributed by atoms with van der Waals surface area (Å²) in [5.41, 5.74) is 1.15. The van der Waals surface area contributed by atoms with Crippen molar-refractivity contribution >= 4 is 29.2 Å². The zero-order valence-electron chi connectivity index (χ0n) is 13.9. The van der Waals surface area contributed by atoms with Gasteiger partial charge in [-0.15, -0.1) is 0 Å². The van der Waals surface area contributed by atoms with Gasteiger partial charge in [0.2, 0.25) is 5.91 Å². The third-order valence-electron chi connectivity index (χ3n) is 3.66. The van der Waals surface area contributed by atoms with Crippen molar-refractivity contribution < 1.29 is 14.4 Å². The van der Waals surface area contributed by atoms with Gasteiger partial charge < -0.3 is 10.6 Å². The largest absolute Gasteiger partial charge is 0.368 e. The number of benzene rings is 1. The average Bonchev–Trinajstić information content (AvgIpc) is 2.82. The van der Waals surface area contributed by atoms with Crippen molar-refractivity contribution in [3.63, 3.8) is 0 Å². The Morgan fingerprint density at radius 2 is 1.72 bits per heavy atom. The summed E-state index contributed by atoms with van der Waals surface area (Å²) in [6.07, 6.45) is 1.52. The number of anilines is 2. The van der Waals surface area contributed by atoms with Gasteiger partial charge >= 0.3 is 0 Å². The smallest absolute Gasteiger partial charge is 0.262 e. The molecule has 1 aromatic carbocycles. The van der Waals surface area contributed by atoms with Gasteiger partial charge in [-0.3, -0.25) is 19.3 Å². The Morgan fingerprint density at radius 1 is 1.08 bits per heavy atom. The Morgan fingerprint density at radius 3 is 2.24 bits per heavy atom. The second-order valence-electron chi connectivity index (χ2n) is 6.02. The maximum absolute atomic E-state index is 12.2. The summed E-state index contributed by atoms with van der Waals surface area (Å²) < 4.78 is 0. The number of pyridine rings is 1. The molecular formula is C18H18N4O3. The number of nitrogens with zero attached hydrogens (tertiary/aromatic N) is 2. The van der Waals surface area contributed by atoms with E-state index in [9.17, 15) is 14.4 Å². The molecule has 0 saturated heterocycles. The number of imide groups is 1. The molecule has 0 atom stereocenters. The molecule has 2 heterocycles. The molecule has 0 spiro atoms. The van der Waals surface area contributed by atoms with Gasteiger partial charge in [-0.1, -0.05) is 12.1 Å². The molecule has 128 valence electrons. The number of hydrogen-bond donors (Lipinski definition) is 2. The highest BCUT2D eigenvalue weighted by Gasteiger charge is 2.36. The minimum absolute atomic E-state index is 0.252. The van der Waals surface area contributed by atoms with Crippen LogP contribution < -0.4 is 10.6 Å². The lowest BCUT2D eigenvalue weighted by atomic mass is 10.1. The van der Waals surface area contributed by atoms with Crippen molar-refractivity contribution in [2.75, 3.05) is 17.2 Å². The molecule has 3 amide bonds. The van der Waals surface area contributed by atoms with Gasteiger partial charge in [0.1, 0.15) is 12.4 Å². The Labute approximate surface area is 145 Å². The minimum atomic E-state index is -0.458. The number of amides is 3. The van der Waals surface area contributed by atoms with Crippen molar-refractivity contribution in [1.29, 1.82) is 0 Å². The lowest BCUT2D eigenvalue weighted by Crippen LogP contribution is -2.37. The zero-order chi connectivity index (χ0) is 18.0. The number of fused-ring (bicyclic) bond motifs is 1. The Bertz CT molecular complexity index is 795. The average molecular weight is 338 g/mol. The van der Waals surface area contributed by atoms with Crippen LogP contribution in [0.1, 0.15) is 34.6 Å². The van der Waals surface area contributed by atoms with Gasteiger partial charge in [-0.05, 0) is 38.1 Å². The van der Waals surface area contributed by atoms with Crippen molar-refractivity contribution in [3.8, 4) is 0 Å². The first-order chi connectivity index (χ1) is 12.0. The fourth-order valence-corrected chi connectivity index (χ4v) is 2.58. The molecule has 1 aromatic heterocycles. The minimum Gasteiger partial charge on any atom is -0.368 e. The van der Waals surface area contributed by atoms with Crippen LogP contribution in [-0.2, 0) is 4.79 Å². The third kappa shape index (κ3) is 3.50. The van der Waals surface area contributed by atoms with Crippen molar-refractivity contribution in [2.24, 2.45) is 0 Å². The van der Waals surface area contributed by atoms with E-state index < -0.39 is 17.7 Å². The molecule has 7 nitrogen and oxygen atoms in total. The zero-order valence-corrected chi connectivity index (χ0v) is 13.9. The van der Waals surface area contributed by atoms with Crippen LogP contribution in [-0.4, -0.2) is 40.2 Å². The topological polar surface area (TPSA) is 91.4 Å². The molecule has 7 heteroatoms. The predicted octanol–water partition coefficient (Wildman–Crippen LogP) is 2.14. The van der Waals surface area contributed by atoms with Crippen LogP contribution in [0.25, 0.3) is 0 Å². The van der Waals surface area contributed by atoms with Crippen LogP contribution in [0.2, 0.25) is 0 Å². The number of carbonyl (C=O) groups excluding carboxylic acids is 3. The second kappa shape index (κ2) is 6.72. The molecule has 3 rings (SSSR count). The molecule has 0 saturated carbocycles. The molecule has 0 unspecified atom stereocenters. The lowest BCUT2D eigenvalue weighted by molar-refractivity contribution is -0.116. The first kappa shape index (κ1) is 16.6. The fraction of sp³-hybridized carbons (Fsp3) is 0.222. The van der Waals surface area contributed by atoms with E-state index in [0.29, 0.717) is 22.6 Å². The van der Waals surface area contributed by atoms with E-state index in [-0.39, 0.29) is 12.6 Å². The van der Waals surface area contributed by atoms with E-state index in [4.69, 9.17) is 0 Å². The van der Waals surface area contributed by atoms with Gasteiger partial charge in [0.05, 0.1) is 23.0 Å². The third-order valence-corrected chi connectivity index (χ3v) is 3.66. The molecule has 25 heavy (non-hydrogen) atoms. The number of nitrogens with one attached hydrogen (secondary N) is 2. The van der Waals surface area contributed by atoms with E-state index in [1.807, 2.05) is 13.8 Å². The van der Waals surface area contributed by atoms with E-state index in [0.717, 1.165) is 4.90 Å². The molecule has 0 bridgehead atoms. The van der Waals surface area contributed by atoms with Gasteiger partial charge in [-0.25, -0.2) is 4.98 Å². The summed E-state index contributed by atoms with van der Waals surface area (Å²) in [4.78, 5) is 41.8. The maximum Gasteiger partial charge on any atom is 0.262 e. The molecule has 0 radical (unpaired) electrons. The molecule has 0 fully saturated rings. The van der Waals surface area contributed by atoms with Crippen LogP contribution in [0.4, 0.5) is 11.5 Å². The Balaban J connectivity index is 1.64. The first-order valence-corrected chi connectivity index (χ1v) is 7.93. The molecule has 1 aliphatic heterocycles. The Hall–Kier alpha value is -3.22. The van der Waals surface area contributed by atoms with Crippen molar-refractivity contribution in [2.45, 2.75) is 19.9 Å². The van der Waals surface area contributed by atoms with Crippen LogP contribution in [0.15, 0.2) is 42.6 Å². The highest BCUT2D eigenvalue weighted by molar-refractivity contribution is 6.22. The summed E-state index contributed by atoms with van der Waals surface area (Å²) in [7, 11) is 0. The quantitative estimate of drug-likeness (QED) is 0.815. The number of hydrogen-bond acceptors (Lipinski definition) is 5. The van der Waals surface area contributed by atoms with E-state index >= 15 is 0 Å². The summed E-state index contributed by atoms with van der Waals surface area (Å²) in [5.74, 6) is -0.662. The van der Waals surface area contributed by atoms with Crippen LogP contribution in [0, 0.1) is 0 Å². The number of rotatable bonds is 5. The summed E-state index contributed by atoms with van der Waals surface area (Å²) in [5, 5.41) is 5.79. The standard InChI is InChI=1S/C18H18N4O3/c1-11(2)20-15-8-7-12(9-19-15)21-16(23)10-22-17(24)13-5-3-4-6-14(13)18(22)25/h3-9,11H,10H2,1-2H3,(H,19,20)(H,21,23). The van der Waals surface area contributed by atoms with E-state index in [1.165, 1.54) is 6.20 Å². The monoisotopic (exact) mass is 338 g/mol. The molecule has 2 aromatic rings. The SMILES string of the molecule is CC(C)Nc1ccc(NC(=O)CN2C(=O)c3ccccc3C2=O)cn1. The summed E-state index contributed by atoms with van der Waals surface area (Å²) in [6.45, 7) is 3.66. The van der Waals surface area contributed by atoms with Crippen molar-refractivity contribution in [3.05, 3.63) is 53.7 Å².